The summed E-state index contributed by atoms with van der Waals surface area (Å²) in [7, 11) is 0. The lowest BCUT2D eigenvalue weighted by molar-refractivity contribution is -0.0805. The Morgan fingerprint density at radius 1 is 1.35 bits per heavy atom. The third kappa shape index (κ3) is 2.23. The molecule has 4 rings (SSSR count). The van der Waals surface area contributed by atoms with Crippen LogP contribution in [0.5, 0.6) is 0 Å². The van der Waals surface area contributed by atoms with Crippen molar-refractivity contribution in [2.75, 3.05) is 19.7 Å². The summed E-state index contributed by atoms with van der Waals surface area (Å²) in [5.74, 6) is 1.02. The molecule has 20 heavy (non-hydrogen) atoms. The molecule has 2 saturated heterocycles. The van der Waals surface area contributed by atoms with Gasteiger partial charge in [-0.1, -0.05) is 11.6 Å². The van der Waals surface area contributed by atoms with Crippen LogP contribution in [0.15, 0.2) is 10.7 Å². The Morgan fingerprint density at radius 2 is 2.35 bits per heavy atom. The summed E-state index contributed by atoms with van der Waals surface area (Å²) in [6, 6.07) is 0.564. The predicted molar refractivity (Wildman–Crippen MR) is 71.1 cm³/mol. The molecule has 2 unspecified atom stereocenters. The minimum atomic E-state index is -0.103. The molecule has 2 aromatic rings. The van der Waals surface area contributed by atoms with Crippen molar-refractivity contribution in [2.45, 2.75) is 31.4 Å². The first kappa shape index (κ1) is 12.4. The Hall–Kier alpha value is -1.38. The van der Waals surface area contributed by atoms with Crippen molar-refractivity contribution in [3.63, 3.8) is 0 Å². The van der Waals surface area contributed by atoms with E-state index in [4.69, 9.17) is 9.26 Å². The molecule has 2 aromatic heterocycles. The van der Waals surface area contributed by atoms with E-state index in [2.05, 4.69) is 23.8 Å². The Labute approximate surface area is 120 Å². The fraction of sp³-hybridized carbons (Fsp3) is 0.667. The molecule has 0 radical (unpaired) electrons. The molecule has 0 N–H and O–H groups in total. The standard InChI is InChI=1S/C12H15N5O2S/c1-2-4-17-6-10(18-7-8(17)3-1)11-14-12(19-15-11)9-5-13-20-16-9/h5,8,10H,1-4,6-7H2. The molecule has 0 aliphatic carbocycles. The summed E-state index contributed by atoms with van der Waals surface area (Å²) in [5, 5.41) is 4.03. The average molecular weight is 293 g/mol. The molecule has 2 fully saturated rings. The molecular weight excluding hydrogens is 278 g/mol. The van der Waals surface area contributed by atoms with Crippen LogP contribution in [0.1, 0.15) is 31.2 Å². The molecule has 2 atom stereocenters. The van der Waals surface area contributed by atoms with Gasteiger partial charge in [-0.25, -0.2) is 0 Å². The van der Waals surface area contributed by atoms with Gasteiger partial charge in [0.15, 0.2) is 5.69 Å². The maximum Gasteiger partial charge on any atom is 0.279 e. The van der Waals surface area contributed by atoms with Gasteiger partial charge in [0.05, 0.1) is 24.5 Å². The zero-order valence-electron chi connectivity index (χ0n) is 10.9. The lowest BCUT2D eigenvalue weighted by atomic mass is 10.0. The van der Waals surface area contributed by atoms with Crippen molar-refractivity contribution in [3.8, 4) is 11.6 Å². The molecule has 0 bridgehead atoms. The number of rotatable bonds is 2. The van der Waals surface area contributed by atoms with E-state index in [0.29, 0.717) is 23.5 Å². The van der Waals surface area contributed by atoms with Gasteiger partial charge in [-0.05, 0) is 19.4 Å². The van der Waals surface area contributed by atoms with Crippen LogP contribution >= 0.6 is 11.7 Å². The molecule has 106 valence electrons. The minimum absolute atomic E-state index is 0.103. The number of fused-ring (bicyclic) bond motifs is 1. The SMILES string of the molecule is c1nsnc1-c1nc(C2CN3CCCCC3CO2)no1. The first-order chi connectivity index (χ1) is 9.90. The van der Waals surface area contributed by atoms with Crippen LogP contribution in [-0.2, 0) is 4.74 Å². The highest BCUT2D eigenvalue weighted by Crippen LogP contribution is 2.29. The van der Waals surface area contributed by atoms with Gasteiger partial charge in [0.2, 0.25) is 5.82 Å². The van der Waals surface area contributed by atoms with Crippen molar-refractivity contribution in [2.24, 2.45) is 0 Å². The minimum Gasteiger partial charge on any atom is -0.367 e. The topological polar surface area (TPSA) is 77.2 Å². The number of hydrogen-bond acceptors (Lipinski definition) is 8. The summed E-state index contributed by atoms with van der Waals surface area (Å²) in [6.45, 7) is 2.75. The van der Waals surface area contributed by atoms with E-state index in [-0.39, 0.29) is 6.10 Å². The molecular formula is C12H15N5O2S. The zero-order valence-corrected chi connectivity index (χ0v) is 11.8. The van der Waals surface area contributed by atoms with Gasteiger partial charge >= 0.3 is 0 Å². The van der Waals surface area contributed by atoms with Gasteiger partial charge in [-0.15, -0.1) is 0 Å². The van der Waals surface area contributed by atoms with Gasteiger partial charge in [0, 0.05) is 12.6 Å². The van der Waals surface area contributed by atoms with E-state index in [0.717, 1.165) is 31.4 Å². The van der Waals surface area contributed by atoms with Crippen molar-refractivity contribution in [3.05, 3.63) is 12.0 Å². The zero-order chi connectivity index (χ0) is 13.4. The summed E-state index contributed by atoms with van der Waals surface area (Å²) in [4.78, 5) is 6.87. The van der Waals surface area contributed by atoms with E-state index in [1.807, 2.05) is 0 Å². The first-order valence-corrected chi connectivity index (χ1v) is 7.60. The van der Waals surface area contributed by atoms with Gasteiger partial charge in [-0.2, -0.15) is 13.7 Å². The fourth-order valence-electron chi connectivity index (χ4n) is 2.87. The molecule has 2 aliphatic rings. The van der Waals surface area contributed by atoms with Gasteiger partial charge in [-0.3, -0.25) is 4.90 Å². The summed E-state index contributed by atoms with van der Waals surface area (Å²) >= 11 is 1.13. The molecule has 7 nitrogen and oxygen atoms in total. The first-order valence-electron chi connectivity index (χ1n) is 6.87. The third-order valence-corrected chi connectivity index (χ3v) is 4.43. The van der Waals surface area contributed by atoms with Gasteiger partial charge < -0.3 is 9.26 Å². The summed E-state index contributed by atoms with van der Waals surface area (Å²) in [6.07, 6.45) is 5.33. The Morgan fingerprint density at radius 3 is 3.25 bits per heavy atom. The van der Waals surface area contributed by atoms with Crippen LogP contribution < -0.4 is 0 Å². The van der Waals surface area contributed by atoms with E-state index >= 15 is 0 Å². The lowest BCUT2D eigenvalue weighted by Gasteiger charge is -2.41. The van der Waals surface area contributed by atoms with E-state index in [9.17, 15) is 0 Å². The molecule has 0 spiro atoms. The maximum atomic E-state index is 5.90. The number of hydrogen-bond donors (Lipinski definition) is 0. The van der Waals surface area contributed by atoms with Crippen LogP contribution in [0.2, 0.25) is 0 Å². The van der Waals surface area contributed by atoms with Crippen LogP contribution in [0.25, 0.3) is 11.6 Å². The average Bonchev–Trinajstić information content (AvgIpc) is 3.17. The Kier molecular flexibility index (Phi) is 3.21. The van der Waals surface area contributed by atoms with Crippen molar-refractivity contribution >= 4 is 11.7 Å². The second kappa shape index (κ2) is 5.19. The number of morpholine rings is 1. The normalized spacial score (nSPS) is 27.4. The fourth-order valence-corrected chi connectivity index (χ4v) is 3.27. The molecule has 8 heteroatoms. The molecule has 2 aliphatic heterocycles. The van der Waals surface area contributed by atoms with E-state index in [1.54, 1.807) is 6.20 Å². The number of aromatic nitrogens is 4. The van der Waals surface area contributed by atoms with E-state index < -0.39 is 0 Å². The van der Waals surface area contributed by atoms with Crippen LogP contribution in [0.3, 0.4) is 0 Å². The van der Waals surface area contributed by atoms with E-state index in [1.165, 1.54) is 19.3 Å². The monoisotopic (exact) mass is 293 g/mol. The molecule has 4 heterocycles. The molecule has 0 aromatic carbocycles. The summed E-state index contributed by atoms with van der Waals surface area (Å²) < 4.78 is 19.2. The predicted octanol–water partition coefficient (Wildman–Crippen LogP) is 1.51. The largest absolute Gasteiger partial charge is 0.367 e. The van der Waals surface area contributed by atoms with Gasteiger partial charge in [0.25, 0.3) is 5.89 Å². The lowest BCUT2D eigenvalue weighted by Crippen LogP contribution is -2.49. The second-order valence-corrected chi connectivity index (χ2v) is 5.77. The highest BCUT2D eigenvalue weighted by atomic mass is 32.1. The summed E-state index contributed by atoms with van der Waals surface area (Å²) in [5.41, 5.74) is 0.625. The second-order valence-electron chi connectivity index (χ2n) is 5.22. The van der Waals surface area contributed by atoms with Gasteiger partial charge in [0.1, 0.15) is 6.10 Å². The molecule has 0 saturated carbocycles. The number of nitrogens with zero attached hydrogens (tertiary/aromatic N) is 5. The molecule has 0 amide bonds. The number of ether oxygens (including phenoxy) is 1. The highest BCUT2D eigenvalue weighted by molar-refractivity contribution is 6.99. The van der Waals surface area contributed by atoms with Crippen LogP contribution in [0, 0.1) is 0 Å². The van der Waals surface area contributed by atoms with Crippen LogP contribution in [0.4, 0.5) is 0 Å². The van der Waals surface area contributed by atoms with Crippen molar-refractivity contribution < 1.29 is 9.26 Å². The Balaban J connectivity index is 1.50. The maximum absolute atomic E-state index is 5.90. The Bertz CT molecular complexity index is 572. The quantitative estimate of drug-likeness (QED) is 0.830. The highest BCUT2D eigenvalue weighted by Gasteiger charge is 2.33. The third-order valence-electron chi connectivity index (χ3n) is 3.95. The smallest absolute Gasteiger partial charge is 0.279 e. The number of piperidine rings is 1. The van der Waals surface area contributed by atoms with Crippen molar-refractivity contribution in [1.82, 2.24) is 23.8 Å². The van der Waals surface area contributed by atoms with Crippen LogP contribution in [-0.4, -0.2) is 49.5 Å². The van der Waals surface area contributed by atoms with Crippen molar-refractivity contribution in [1.29, 1.82) is 0 Å².